The Labute approximate surface area is 186 Å². The van der Waals surface area contributed by atoms with Crippen molar-refractivity contribution in [1.29, 1.82) is 0 Å². The van der Waals surface area contributed by atoms with Crippen LogP contribution in [0.15, 0.2) is 58.5 Å². The zero-order valence-electron chi connectivity index (χ0n) is 17.1. The largest absolute Gasteiger partial charge is 0.451 e. The number of Topliss-reactive ketones (excluding diaryl/α,β-unsaturated/α-hetero) is 1. The summed E-state index contributed by atoms with van der Waals surface area (Å²) in [5, 5.41) is 13.4. The SMILES string of the molecule is Cc1cc(C(=O)COC(=O)c2ccc(-c3ccc([N+](=O)[O-])cc3)o2)c(C)n1-c1nccs1. The maximum atomic E-state index is 12.7. The van der Waals surface area contributed by atoms with Gasteiger partial charge in [-0.2, -0.15) is 0 Å². The summed E-state index contributed by atoms with van der Waals surface area (Å²) >= 11 is 1.46. The molecule has 3 heterocycles. The van der Waals surface area contributed by atoms with Crippen molar-refractivity contribution in [2.75, 3.05) is 6.61 Å². The summed E-state index contributed by atoms with van der Waals surface area (Å²) in [6.07, 6.45) is 1.69. The van der Waals surface area contributed by atoms with E-state index in [4.69, 9.17) is 9.15 Å². The molecule has 3 aromatic heterocycles. The number of nitro benzene ring substituents is 1. The number of ether oxygens (including phenoxy) is 1. The molecular formula is C22H17N3O6S. The zero-order valence-corrected chi connectivity index (χ0v) is 17.9. The topological polar surface area (TPSA) is 117 Å². The third-order valence-corrected chi connectivity index (χ3v) is 5.60. The first-order valence-corrected chi connectivity index (χ1v) is 10.4. The van der Waals surface area contributed by atoms with Gasteiger partial charge in [-0.1, -0.05) is 0 Å². The van der Waals surface area contributed by atoms with E-state index >= 15 is 0 Å². The molecule has 0 aliphatic carbocycles. The minimum Gasteiger partial charge on any atom is -0.451 e. The van der Waals surface area contributed by atoms with Crippen LogP contribution in [-0.4, -0.2) is 32.8 Å². The number of ketones is 1. The highest BCUT2D eigenvalue weighted by molar-refractivity contribution is 7.12. The number of hydrogen-bond acceptors (Lipinski definition) is 8. The van der Waals surface area contributed by atoms with E-state index in [0.717, 1.165) is 16.5 Å². The second kappa shape index (κ2) is 8.60. The van der Waals surface area contributed by atoms with Crippen LogP contribution >= 0.6 is 11.3 Å². The molecular weight excluding hydrogens is 434 g/mol. The summed E-state index contributed by atoms with van der Waals surface area (Å²) in [4.78, 5) is 39.5. The molecule has 0 unspecified atom stereocenters. The Bertz CT molecular complexity index is 1300. The maximum absolute atomic E-state index is 12.7. The Morgan fingerprint density at radius 2 is 1.94 bits per heavy atom. The third-order valence-electron chi connectivity index (χ3n) is 4.85. The molecule has 0 bridgehead atoms. The van der Waals surface area contributed by atoms with Gasteiger partial charge in [0.15, 0.2) is 11.7 Å². The number of carbonyl (C=O) groups is 2. The van der Waals surface area contributed by atoms with Crippen LogP contribution in [0.3, 0.4) is 0 Å². The number of rotatable bonds is 7. The summed E-state index contributed by atoms with van der Waals surface area (Å²) in [7, 11) is 0. The fourth-order valence-electron chi connectivity index (χ4n) is 3.30. The number of non-ortho nitro benzene ring substituents is 1. The van der Waals surface area contributed by atoms with E-state index in [9.17, 15) is 19.7 Å². The average molecular weight is 451 g/mol. The number of aryl methyl sites for hydroxylation is 1. The molecule has 0 saturated carbocycles. The van der Waals surface area contributed by atoms with Crippen molar-refractivity contribution in [3.63, 3.8) is 0 Å². The fourth-order valence-corrected chi connectivity index (χ4v) is 4.05. The van der Waals surface area contributed by atoms with E-state index in [1.54, 1.807) is 18.3 Å². The summed E-state index contributed by atoms with van der Waals surface area (Å²) < 4.78 is 12.5. The number of benzene rings is 1. The Balaban J connectivity index is 1.43. The van der Waals surface area contributed by atoms with E-state index in [0.29, 0.717) is 16.9 Å². The van der Waals surface area contributed by atoms with Crippen molar-refractivity contribution in [1.82, 2.24) is 9.55 Å². The first kappa shape index (κ1) is 21.2. The van der Waals surface area contributed by atoms with E-state index in [2.05, 4.69) is 4.98 Å². The summed E-state index contributed by atoms with van der Waals surface area (Å²) in [6.45, 7) is 3.25. The monoisotopic (exact) mass is 451 g/mol. The quantitative estimate of drug-likeness (QED) is 0.172. The van der Waals surface area contributed by atoms with Crippen LogP contribution in [0.2, 0.25) is 0 Å². The summed E-state index contributed by atoms with van der Waals surface area (Å²) in [5.74, 6) is -0.832. The van der Waals surface area contributed by atoms with Crippen molar-refractivity contribution >= 4 is 28.8 Å². The molecule has 0 atom stereocenters. The lowest BCUT2D eigenvalue weighted by Gasteiger charge is -2.06. The highest BCUT2D eigenvalue weighted by atomic mass is 32.1. The van der Waals surface area contributed by atoms with Gasteiger partial charge in [0.2, 0.25) is 11.5 Å². The number of carbonyl (C=O) groups excluding carboxylic acids is 2. The molecule has 10 heteroatoms. The minimum atomic E-state index is -0.778. The number of aromatic nitrogens is 2. The van der Waals surface area contributed by atoms with Crippen LogP contribution in [0.1, 0.15) is 32.3 Å². The Hall–Kier alpha value is -4.05. The second-order valence-electron chi connectivity index (χ2n) is 6.90. The molecule has 0 radical (unpaired) electrons. The number of esters is 1. The van der Waals surface area contributed by atoms with Crippen LogP contribution in [0.25, 0.3) is 16.5 Å². The van der Waals surface area contributed by atoms with Crippen LogP contribution in [-0.2, 0) is 4.74 Å². The van der Waals surface area contributed by atoms with Crippen molar-refractivity contribution in [3.05, 3.63) is 86.9 Å². The Morgan fingerprint density at radius 3 is 2.59 bits per heavy atom. The molecule has 0 aliphatic heterocycles. The molecule has 0 aliphatic rings. The molecule has 0 N–H and O–H groups in total. The third kappa shape index (κ3) is 4.08. The molecule has 4 rings (SSSR count). The van der Waals surface area contributed by atoms with Crippen LogP contribution in [0.5, 0.6) is 0 Å². The summed E-state index contributed by atoms with van der Waals surface area (Å²) in [6, 6.07) is 10.5. The zero-order chi connectivity index (χ0) is 22.8. The normalized spacial score (nSPS) is 10.8. The number of hydrogen-bond donors (Lipinski definition) is 0. The number of thiazole rings is 1. The van der Waals surface area contributed by atoms with Crippen molar-refractivity contribution in [2.45, 2.75) is 13.8 Å². The minimum absolute atomic E-state index is 0.0484. The van der Waals surface area contributed by atoms with E-state index in [1.165, 1.54) is 41.7 Å². The fraction of sp³-hybridized carbons (Fsp3) is 0.136. The van der Waals surface area contributed by atoms with Gasteiger partial charge < -0.3 is 9.15 Å². The molecule has 0 fully saturated rings. The highest BCUT2D eigenvalue weighted by Gasteiger charge is 2.21. The van der Waals surface area contributed by atoms with Crippen LogP contribution < -0.4 is 0 Å². The molecule has 162 valence electrons. The molecule has 0 amide bonds. The first-order valence-electron chi connectivity index (χ1n) is 9.49. The lowest BCUT2D eigenvalue weighted by atomic mass is 10.1. The van der Waals surface area contributed by atoms with Crippen LogP contribution in [0.4, 0.5) is 5.69 Å². The lowest BCUT2D eigenvalue weighted by molar-refractivity contribution is -0.384. The van der Waals surface area contributed by atoms with Crippen molar-refractivity contribution in [3.8, 4) is 16.5 Å². The molecule has 32 heavy (non-hydrogen) atoms. The molecule has 9 nitrogen and oxygen atoms in total. The van der Waals surface area contributed by atoms with Gasteiger partial charge >= 0.3 is 5.97 Å². The molecule has 1 aromatic carbocycles. The smallest absolute Gasteiger partial charge is 0.374 e. The highest BCUT2D eigenvalue weighted by Crippen LogP contribution is 2.25. The molecule has 0 saturated heterocycles. The standard InChI is InChI=1S/C22H17N3O6S/c1-13-11-17(14(2)24(13)22-23-9-10-32-22)18(26)12-30-21(27)20-8-7-19(31-20)15-3-5-16(6-4-15)25(28)29/h3-11H,12H2,1-2H3. The number of nitrogens with zero attached hydrogens (tertiary/aromatic N) is 3. The predicted octanol–water partition coefficient (Wildman–Crippen LogP) is 4.76. The van der Waals surface area contributed by atoms with Gasteiger partial charge in [-0.15, -0.1) is 11.3 Å². The van der Waals surface area contributed by atoms with Crippen LogP contribution in [0, 0.1) is 24.0 Å². The summed E-state index contributed by atoms with van der Waals surface area (Å²) in [5.41, 5.74) is 2.55. The van der Waals surface area contributed by atoms with Crippen molar-refractivity contribution in [2.24, 2.45) is 0 Å². The van der Waals surface area contributed by atoms with Gasteiger partial charge in [-0.3, -0.25) is 19.5 Å². The van der Waals surface area contributed by atoms with Gasteiger partial charge in [0.05, 0.1) is 4.92 Å². The molecule has 4 aromatic rings. The average Bonchev–Trinajstić information content (AvgIpc) is 3.52. The van der Waals surface area contributed by atoms with Gasteiger partial charge in [0, 0.05) is 46.2 Å². The van der Waals surface area contributed by atoms with Gasteiger partial charge in [0.25, 0.3) is 5.69 Å². The van der Waals surface area contributed by atoms with Gasteiger partial charge in [-0.25, -0.2) is 9.78 Å². The van der Waals surface area contributed by atoms with Gasteiger partial charge in [0.1, 0.15) is 5.76 Å². The first-order chi connectivity index (χ1) is 15.3. The van der Waals surface area contributed by atoms with E-state index in [1.807, 2.05) is 23.8 Å². The van der Waals surface area contributed by atoms with Gasteiger partial charge in [-0.05, 0) is 44.2 Å². The lowest BCUT2D eigenvalue weighted by Crippen LogP contribution is -2.14. The maximum Gasteiger partial charge on any atom is 0.374 e. The second-order valence-corrected chi connectivity index (χ2v) is 7.78. The van der Waals surface area contributed by atoms with E-state index in [-0.39, 0.29) is 17.2 Å². The number of furan rings is 1. The van der Waals surface area contributed by atoms with Crippen molar-refractivity contribution < 1.29 is 23.7 Å². The van der Waals surface area contributed by atoms with E-state index < -0.39 is 17.5 Å². The Morgan fingerprint density at radius 1 is 1.19 bits per heavy atom. The number of nitro groups is 1. The molecule has 0 spiro atoms. The predicted molar refractivity (Wildman–Crippen MR) is 116 cm³/mol. The Kier molecular flexibility index (Phi) is 5.69.